The predicted octanol–water partition coefficient (Wildman–Crippen LogP) is 2.95. The molecule has 3 rings (SSSR count). The first kappa shape index (κ1) is 17.1. The topological polar surface area (TPSA) is 64.9 Å². The number of nitrogens with zero attached hydrogens (tertiary/aromatic N) is 4. The molecule has 2 atom stereocenters. The van der Waals surface area contributed by atoms with Crippen LogP contribution in [0.15, 0.2) is 54.6 Å². The molecule has 0 saturated carbocycles. The van der Waals surface area contributed by atoms with E-state index in [-0.39, 0.29) is 12.1 Å². The average Bonchev–Trinajstić information content (AvgIpc) is 3.13. The molecule has 0 bridgehead atoms. The summed E-state index contributed by atoms with van der Waals surface area (Å²) in [5.41, 5.74) is 2.13. The molecule has 0 amide bonds. The second kappa shape index (κ2) is 7.90. The van der Waals surface area contributed by atoms with Gasteiger partial charge in [-0.1, -0.05) is 36.4 Å². The summed E-state index contributed by atoms with van der Waals surface area (Å²) in [6, 6.07) is 18.3. The Hall–Kier alpha value is -2.73. The van der Waals surface area contributed by atoms with E-state index in [0.717, 1.165) is 23.7 Å². The molecule has 0 radical (unpaired) electrons. The Morgan fingerprint density at radius 3 is 2.52 bits per heavy atom. The molecule has 1 aromatic heterocycles. The monoisotopic (exact) mass is 337 g/mol. The van der Waals surface area contributed by atoms with Crippen LogP contribution in [0.25, 0.3) is 5.69 Å². The lowest BCUT2D eigenvalue weighted by Gasteiger charge is -2.20. The molecule has 0 aliphatic heterocycles. The summed E-state index contributed by atoms with van der Waals surface area (Å²) < 4.78 is 7.21. The molecule has 3 aromatic rings. The minimum atomic E-state index is 0.0138. The van der Waals surface area contributed by atoms with E-state index in [4.69, 9.17) is 4.74 Å². The number of ether oxygens (including phenoxy) is 1. The van der Waals surface area contributed by atoms with Crippen molar-refractivity contribution in [3.8, 4) is 11.4 Å². The lowest BCUT2D eigenvalue weighted by atomic mass is 10.1. The molecule has 0 unspecified atom stereocenters. The number of hydrogen-bond donors (Lipinski definition) is 1. The first-order valence-electron chi connectivity index (χ1n) is 8.40. The summed E-state index contributed by atoms with van der Waals surface area (Å²) in [4.78, 5) is 0. The van der Waals surface area contributed by atoms with Crippen molar-refractivity contribution in [1.29, 1.82) is 0 Å². The van der Waals surface area contributed by atoms with Gasteiger partial charge in [0.1, 0.15) is 5.75 Å². The molecule has 130 valence electrons. The number of aromatic nitrogens is 4. The van der Waals surface area contributed by atoms with E-state index in [9.17, 15) is 0 Å². The Kier molecular flexibility index (Phi) is 5.40. The predicted molar refractivity (Wildman–Crippen MR) is 96.9 cm³/mol. The molecule has 0 aliphatic carbocycles. The van der Waals surface area contributed by atoms with Crippen molar-refractivity contribution in [3.05, 3.63) is 66.0 Å². The SMILES string of the molecule is COc1ccccc1C[C@H](C)N[C@H](C)c1nnnn1-c1ccccc1. The number of tetrazole rings is 1. The van der Waals surface area contributed by atoms with E-state index in [0.29, 0.717) is 0 Å². The van der Waals surface area contributed by atoms with Crippen LogP contribution in [0.2, 0.25) is 0 Å². The minimum Gasteiger partial charge on any atom is -0.496 e. The Balaban J connectivity index is 1.70. The zero-order valence-electron chi connectivity index (χ0n) is 14.8. The van der Waals surface area contributed by atoms with Crippen LogP contribution in [-0.4, -0.2) is 33.4 Å². The van der Waals surface area contributed by atoms with Crippen molar-refractivity contribution >= 4 is 0 Å². The van der Waals surface area contributed by atoms with Gasteiger partial charge in [0, 0.05) is 6.04 Å². The van der Waals surface area contributed by atoms with Crippen LogP contribution in [0.4, 0.5) is 0 Å². The van der Waals surface area contributed by atoms with Crippen molar-refractivity contribution in [1.82, 2.24) is 25.5 Å². The number of benzene rings is 2. The summed E-state index contributed by atoms with van der Waals surface area (Å²) in [5, 5.41) is 15.7. The minimum absolute atomic E-state index is 0.0138. The van der Waals surface area contributed by atoms with Crippen LogP contribution in [0.1, 0.15) is 31.3 Å². The molecule has 6 heteroatoms. The smallest absolute Gasteiger partial charge is 0.173 e. The van der Waals surface area contributed by atoms with Crippen molar-refractivity contribution in [2.45, 2.75) is 32.4 Å². The van der Waals surface area contributed by atoms with Crippen LogP contribution in [-0.2, 0) is 6.42 Å². The highest BCUT2D eigenvalue weighted by atomic mass is 16.5. The zero-order chi connectivity index (χ0) is 17.6. The van der Waals surface area contributed by atoms with Crippen molar-refractivity contribution in [3.63, 3.8) is 0 Å². The second-order valence-corrected chi connectivity index (χ2v) is 6.09. The molecule has 0 saturated heterocycles. The molecular formula is C19H23N5O. The first-order valence-corrected chi connectivity index (χ1v) is 8.40. The molecule has 1 heterocycles. The third-order valence-corrected chi connectivity index (χ3v) is 4.13. The molecule has 25 heavy (non-hydrogen) atoms. The summed E-state index contributed by atoms with van der Waals surface area (Å²) >= 11 is 0. The molecule has 0 fully saturated rings. The molecule has 1 N–H and O–H groups in total. The number of hydrogen-bond acceptors (Lipinski definition) is 5. The zero-order valence-corrected chi connectivity index (χ0v) is 14.8. The van der Waals surface area contributed by atoms with Gasteiger partial charge in [0.25, 0.3) is 0 Å². The summed E-state index contributed by atoms with van der Waals surface area (Å²) in [7, 11) is 1.70. The highest BCUT2D eigenvalue weighted by Crippen LogP contribution is 2.20. The van der Waals surface area contributed by atoms with Gasteiger partial charge in [0.2, 0.25) is 0 Å². The normalized spacial score (nSPS) is 13.4. The average molecular weight is 337 g/mol. The van der Waals surface area contributed by atoms with E-state index in [1.54, 1.807) is 11.8 Å². The summed E-state index contributed by atoms with van der Waals surface area (Å²) in [6.07, 6.45) is 0.862. The van der Waals surface area contributed by atoms with Gasteiger partial charge in [-0.25, -0.2) is 0 Å². The van der Waals surface area contributed by atoms with Gasteiger partial charge in [-0.15, -0.1) is 5.10 Å². The standard InChI is InChI=1S/C19H23N5O/c1-14(13-16-9-7-8-12-18(16)25-3)20-15(2)19-21-22-23-24(19)17-10-5-4-6-11-17/h4-12,14-15,20H,13H2,1-3H3/t14-,15+/m0/s1. The van der Waals surface area contributed by atoms with Crippen molar-refractivity contribution < 1.29 is 4.74 Å². The molecule has 0 aliphatic rings. The van der Waals surface area contributed by atoms with Crippen LogP contribution >= 0.6 is 0 Å². The van der Waals surface area contributed by atoms with E-state index < -0.39 is 0 Å². The van der Waals surface area contributed by atoms with Crippen LogP contribution in [0.3, 0.4) is 0 Å². The third-order valence-electron chi connectivity index (χ3n) is 4.13. The lowest BCUT2D eigenvalue weighted by Crippen LogP contribution is -2.32. The Morgan fingerprint density at radius 1 is 1.04 bits per heavy atom. The molecule has 0 spiro atoms. The summed E-state index contributed by atoms with van der Waals surface area (Å²) in [6.45, 7) is 4.23. The number of rotatable bonds is 7. The van der Waals surface area contributed by atoms with Gasteiger partial charge in [-0.2, -0.15) is 4.68 Å². The Labute approximate surface area is 147 Å². The lowest BCUT2D eigenvalue weighted by molar-refractivity contribution is 0.401. The fourth-order valence-corrected chi connectivity index (χ4v) is 2.98. The summed E-state index contributed by atoms with van der Waals surface area (Å²) in [5.74, 6) is 1.70. The second-order valence-electron chi connectivity index (χ2n) is 6.09. The number of methoxy groups -OCH3 is 1. The fraction of sp³-hybridized carbons (Fsp3) is 0.316. The largest absolute Gasteiger partial charge is 0.496 e. The quantitative estimate of drug-likeness (QED) is 0.718. The van der Waals surface area contributed by atoms with Crippen LogP contribution in [0.5, 0.6) is 5.75 Å². The maximum Gasteiger partial charge on any atom is 0.173 e. The van der Waals surface area contributed by atoms with Gasteiger partial charge < -0.3 is 10.1 Å². The molecule has 2 aromatic carbocycles. The Morgan fingerprint density at radius 2 is 1.76 bits per heavy atom. The number of para-hydroxylation sites is 2. The fourth-order valence-electron chi connectivity index (χ4n) is 2.98. The first-order chi connectivity index (χ1) is 12.2. The Bertz CT molecular complexity index is 802. The van der Waals surface area contributed by atoms with Crippen molar-refractivity contribution in [2.24, 2.45) is 0 Å². The van der Waals surface area contributed by atoms with E-state index >= 15 is 0 Å². The van der Waals surface area contributed by atoms with Gasteiger partial charge >= 0.3 is 0 Å². The third kappa shape index (κ3) is 4.03. The van der Waals surface area contributed by atoms with Crippen LogP contribution in [0, 0.1) is 0 Å². The maximum absolute atomic E-state index is 5.44. The highest BCUT2D eigenvalue weighted by Gasteiger charge is 2.18. The van der Waals surface area contributed by atoms with E-state index in [1.165, 1.54) is 5.56 Å². The van der Waals surface area contributed by atoms with Crippen LogP contribution < -0.4 is 10.1 Å². The van der Waals surface area contributed by atoms with Gasteiger partial charge in [-0.3, -0.25) is 0 Å². The van der Waals surface area contributed by atoms with E-state index in [2.05, 4.69) is 40.8 Å². The van der Waals surface area contributed by atoms with Crippen molar-refractivity contribution in [2.75, 3.05) is 7.11 Å². The van der Waals surface area contributed by atoms with Gasteiger partial charge in [0.05, 0.1) is 18.8 Å². The highest BCUT2D eigenvalue weighted by molar-refractivity contribution is 5.34. The maximum atomic E-state index is 5.44. The van der Waals surface area contributed by atoms with E-state index in [1.807, 2.05) is 48.5 Å². The number of nitrogens with one attached hydrogen (secondary N) is 1. The van der Waals surface area contributed by atoms with Gasteiger partial charge in [-0.05, 0) is 54.5 Å². The van der Waals surface area contributed by atoms with Gasteiger partial charge in [0.15, 0.2) is 5.82 Å². The molecule has 6 nitrogen and oxygen atoms in total. The molecular weight excluding hydrogens is 314 g/mol.